The normalized spacial score (nSPS) is 13.5. The van der Waals surface area contributed by atoms with Crippen LogP contribution in [0.15, 0.2) is 6.33 Å². The van der Waals surface area contributed by atoms with Gasteiger partial charge in [-0.15, -0.1) is 0 Å². The third kappa shape index (κ3) is 2.54. The Morgan fingerprint density at radius 2 is 2.29 bits per heavy atom. The van der Waals surface area contributed by atoms with Crippen molar-refractivity contribution in [3.8, 4) is 0 Å². The first-order valence-corrected chi connectivity index (χ1v) is 6.02. The summed E-state index contributed by atoms with van der Waals surface area (Å²) < 4.78 is 0. The first-order valence-electron chi connectivity index (χ1n) is 6.02. The number of carboxylic acid groups (broad SMARTS) is 1. The minimum absolute atomic E-state index is 0.145. The minimum Gasteiger partial charge on any atom is -0.481 e. The largest absolute Gasteiger partial charge is 0.481 e. The van der Waals surface area contributed by atoms with E-state index in [1.54, 1.807) is 6.33 Å². The number of anilines is 1. The summed E-state index contributed by atoms with van der Waals surface area (Å²) >= 11 is 0. The van der Waals surface area contributed by atoms with Crippen molar-refractivity contribution in [1.29, 1.82) is 0 Å². The summed E-state index contributed by atoms with van der Waals surface area (Å²) in [6, 6.07) is 0. The quantitative estimate of drug-likeness (QED) is 0.832. The van der Waals surface area contributed by atoms with Crippen molar-refractivity contribution in [3.05, 3.63) is 17.6 Å². The molecule has 2 rings (SSSR count). The molecule has 0 fully saturated rings. The average Bonchev–Trinajstić information content (AvgIpc) is 2.78. The molecule has 92 valence electrons. The van der Waals surface area contributed by atoms with Crippen LogP contribution in [0, 0.1) is 0 Å². The van der Waals surface area contributed by atoms with Gasteiger partial charge in [0.25, 0.3) is 0 Å². The van der Waals surface area contributed by atoms with Crippen LogP contribution in [0.2, 0.25) is 0 Å². The summed E-state index contributed by atoms with van der Waals surface area (Å²) in [5.41, 5.74) is 2.34. The van der Waals surface area contributed by atoms with Crippen LogP contribution in [0.1, 0.15) is 31.0 Å². The van der Waals surface area contributed by atoms with Gasteiger partial charge in [0, 0.05) is 24.3 Å². The summed E-state index contributed by atoms with van der Waals surface area (Å²) in [6.45, 7) is 3.30. The second kappa shape index (κ2) is 5.12. The smallest absolute Gasteiger partial charge is 0.305 e. The first kappa shape index (κ1) is 11.8. The maximum absolute atomic E-state index is 10.6. The van der Waals surface area contributed by atoms with Crippen LogP contribution in [-0.2, 0) is 17.6 Å². The van der Waals surface area contributed by atoms with Crippen LogP contribution in [0.25, 0.3) is 0 Å². The second-order valence-corrected chi connectivity index (χ2v) is 4.20. The van der Waals surface area contributed by atoms with Gasteiger partial charge in [-0.2, -0.15) is 0 Å². The average molecular weight is 235 g/mol. The third-order valence-electron chi connectivity index (χ3n) is 3.13. The van der Waals surface area contributed by atoms with E-state index in [4.69, 9.17) is 5.11 Å². The molecular weight excluding hydrogens is 218 g/mol. The van der Waals surface area contributed by atoms with Crippen LogP contribution < -0.4 is 4.90 Å². The number of aromatic nitrogens is 2. The van der Waals surface area contributed by atoms with Gasteiger partial charge >= 0.3 is 5.97 Å². The van der Waals surface area contributed by atoms with E-state index in [2.05, 4.69) is 9.97 Å². The third-order valence-corrected chi connectivity index (χ3v) is 3.13. The number of aryl methyl sites for hydroxylation is 1. The zero-order valence-corrected chi connectivity index (χ0v) is 10.0. The summed E-state index contributed by atoms with van der Waals surface area (Å²) in [5.74, 6) is 0.158. The van der Waals surface area contributed by atoms with Gasteiger partial charge in [0.1, 0.15) is 12.1 Å². The van der Waals surface area contributed by atoms with Crippen LogP contribution in [0.4, 0.5) is 5.82 Å². The van der Waals surface area contributed by atoms with Gasteiger partial charge in [-0.25, -0.2) is 9.97 Å². The summed E-state index contributed by atoms with van der Waals surface area (Å²) in [5, 5.41) is 8.74. The number of carboxylic acids is 1. The molecule has 0 amide bonds. The van der Waals surface area contributed by atoms with Crippen LogP contribution in [0.5, 0.6) is 0 Å². The minimum atomic E-state index is -0.769. The predicted molar refractivity (Wildman–Crippen MR) is 64.2 cm³/mol. The van der Waals surface area contributed by atoms with Crippen molar-refractivity contribution >= 4 is 11.8 Å². The molecule has 1 N–H and O–H groups in total. The highest BCUT2D eigenvalue weighted by atomic mass is 16.4. The molecule has 0 bridgehead atoms. The van der Waals surface area contributed by atoms with Crippen molar-refractivity contribution < 1.29 is 9.90 Å². The van der Waals surface area contributed by atoms with Gasteiger partial charge in [0.2, 0.25) is 0 Å². The fourth-order valence-corrected chi connectivity index (χ4v) is 2.26. The SMILES string of the molecule is CCN(CCC(=O)O)c1ncnc2c1CCC2. The molecule has 0 spiro atoms. The fourth-order valence-electron chi connectivity index (χ4n) is 2.26. The molecule has 5 heteroatoms. The highest BCUT2D eigenvalue weighted by Crippen LogP contribution is 2.27. The molecule has 1 aliphatic carbocycles. The molecule has 0 unspecified atom stereocenters. The van der Waals surface area contributed by atoms with Gasteiger partial charge in [-0.1, -0.05) is 0 Å². The lowest BCUT2D eigenvalue weighted by Crippen LogP contribution is -2.27. The molecular formula is C12H17N3O2. The van der Waals surface area contributed by atoms with Gasteiger partial charge < -0.3 is 10.0 Å². The van der Waals surface area contributed by atoms with Crippen molar-refractivity contribution in [2.75, 3.05) is 18.0 Å². The Hall–Kier alpha value is -1.65. The molecule has 1 aromatic heterocycles. The number of rotatable bonds is 5. The van der Waals surface area contributed by atoms with Gasteiger partial charge in [0.05, 0.1) is 6.42 Å². The van der Waals surface area contributed by atoms with E-state index in [0.29, 0.717) is 6.54 Å². The fraction of sp³-hybridized carbons (Fsp3) is 0.583. The molecule has 1 aliphatic rings. The van der Waals surface area contributed by atoms with Gasteiger partial charge in [-0.05, 0) is 26.2 Å². The Bertz CT molecular complexity index is 420. The Balaban J connectivity index is 2.19. The van der Waals surface area contributed by atoms with Crippen LogP contribution >= 0.6 is 0 Å². The Morgan fingerprint density at radius 1 is 1.47 bits per heavy atom. The van der Waals surface area contributed by atoms with E-state index in [1.807, 2.05) is 11.8 Å². The summed E-state index contributed by atoms with van der Waals surface area (Å²) in [4.78, 5) is 21.3. The number of hydrogen-bond donors (Lipinski definition) is 1. The summed E-state index contributed by atoms with van der Waals surface area (Å²) in [7, 11) is 0. The van der Waals surface area contributed by atoms with Crippen LogP contribution in [-0.4, -0.2) is 34.1 Å². The van der Waals surface area contributed by atoms with E-state index < -0.39 is 5.97 Å². The first-order chi connectivity index (χ1) is 8.22. The predicted octanol–water partition coefficient (Wildman–Crippen LogP) is 1.27. The monoisotopic (exact) mass is 235 g/mol. The van der Waals surface area contributed by atoms with E-state index in [-0.39, 0.29) is 6.42 Å². The number of carbonyl (C=O) groups is 1. The molecule has 0 saturated carbocycles. The van der Waals surface area contributed by atoms with Gasteiger partial charge in [-0.3, -0.25) is 4.79 Å². The molecule has 0 atom stereocenters. The number of hydrogen-bond acceptors (Lipinski definition) is 4. The topological polar surface area (TPSA) is 66.3 Å². The number of aliphatic carboxylic acids is 1. The van der Waals surface area contributed by atoms with E-state index >= 15 is 0 Å². The summed E-state index contributed by atoms with van der Waals surface area (Å²) in [6.07, 6.45) is 4.88. The van der Waals surface area contributed by atoms with Crippen molar-refractivity contribution in [2.45, 2.75) is 32.6 Å². The van der Waals surface area contributed by atoms with E-state index in [9.17, 15) is 4.79 Å². The number of nitrogens with zero attached hydrogens (tertiary/aromatic N) is 3. The van der Waals surface area contributed by atoms with E-state index in [0.717, 1.165) is 37.3 Å². The van der Waals surface area contributed by atoms with Gasteiger partial charge in [0.15, 0.2) is 0 Å². The molecule has 0 aromatic carbocycles. The molecule has 1 heterocycles. The molecule has 17 heavy (non-hydrogen) atoms. The van der Waals surface area contributed by atoms with Crippen molar-refractivity contribution in [1.82, 2.24) is 9.97 Å². The molecule has 0 saturated heterocycles. The highest BCUT2D eigenvalue weighted by molar-refractivity contribution is 5.67. The lowest BCUT2D eigenvalue weighted by atomic mass is 10.2. The Morgan fingerprint density at radius 3 is 3.00 bits per heavy atom. The zero-order valence-electron chi connectivity index (χ0n) is 10.0. The maximum Gasteiger partial charge on any atom is 0.305 e. The van der Waals surface area contributed by atoms with E-state index in [1.165, 1.54) is 5.56 Å². The molecule has 0 aliphatic heterocycles. The lowest BCUT2D eigenvalue weighted by molar-refractivity contribution is -0.136. The molecule has 1 aromatic rings. The highest BCUT2D eigenvalue weighted by Gasteiger charge is 2.20. The Kier molecular flexibility index (Phi) is 3.56. The lowest BCUT2D eigenvalue weighted by Gasteiger charge is -2.23. The molecule has 5 nitrogen and oxygen atoms in total. The zero-order chi connectivity index (χ0) is 12.3. The number of fused-ring (bicyclic) bond motifs is 1. The van der Waals surface area contributed by atoms with Crippen molar-refractivity contribution in [2.24, 2.45) is 0 Å². The maximum atomic E-state index is 10.6. The second-order valence-electron chi connectivity index (χ2n) is 4.20. The standard InChI is InChI=1S/C12H17N3O2/c1-2-15(7-6-11(16)17)12-9-4-3-5-10(9)13-8-14-12/h8H,2-7H2,1H3,(H,16,17). The Labute approximate surface area is 100 Å². The van der Waals surface area contributed by atoms with Crippen LogP contribution in [0.3, 0.4) is 0 Å². The molecule has 0 radical (unpaired) electrons. The van der Waals surface area contributed by atoms with Crippen molar-refractivity contribution in [3.63, 3.8) is 0 Å².